The lowest BCUT2D eigenvalue weighted by Crippen LogP contribution is -2.22. The number of halogens is 1. The van der Waals surface area contributed by atoms with E-state index < -0.39 is 5.83 Å². The molecule has 0 bridgehead atoms. The van der Waals surface area contributed by atoms with E-state index in [0.717, 1.165) is 35.5 Å². The molecule has 200 valence electrons. The predicted molar refractivity (Wildman–Crippen MR) is 158 cm³/mol. The lowest BCUT2D eigenvalue weighted by molar-refractivity contribution is 0.532. The predicted octanol–water partition coefficient (Wildman–Crippen LogP) is 6.55. The minimum absolute atomic E-state index is 0.295. The van der Waals surface area contributed by atoms with E-state index in [0.29, 0.717) is 22.8 Å². The number of benzene rings is 1. The van der Waals surface area contributed by atoms with Crippen molar-refractivity contribution in [1.29, 1.82) is 0 Å². The Labute approximate surface area is 218 Å². The Balaban J connectivity index is 0.00000190. The van der Waals surface area contributed by atoms with Gasteiger partial charge in [-0.1, -0.05) is 46.4 Å². The zero-order valence-corrected chi connectivity index (χ0v) is 23.6. The molecule has 7 heteroatoms. The highest BCUT2D eigenvalue weighted by Crippen LogP contribution is 2.33. The van der Waals surface area contributed by atoms with Crippen molar-refractivity contribution in [2.45, 2.75) is 54.4 Å². The van der Waals surface area contributed by atoms with Gasteiger partial charge in [-0.15, -0.1) is 0 Å². The Hall–Kier alpha value is -3.32. The summed E-state index contributed by atoms with van der Waals surface area (Å²) in [5, 5.41) is 3.19. The summed E-state index contributed by atoms with van der Waals surface area (Å²) in [6.07, 6.45) is 9.17. The number of nitrogens with one attached hydrogen (secondary N) is 1. The minimum Gasteiger partial charge on any atom is -0.398 e. The molecule has 1 aromatic rings. The topological polar surface area (TPSA) is 82.9 Å². The van der Waals surface area contributed by atoms with Crippen LogP contribution >= 0.6 is 0 Å². The summed E-state index contributed by atoms with van der Waals surface area (Å²) >= 11 is 0. The Morgan fingerprint density at radius 2 is 1.69 bits per heavy atom. The lowest BCUT2D eigenvalue weighted by atomic mass is 10.0. The van der Waals surface area contributed by atoms with Gasteiger partial charge in [-0.2, -0.15) is 0 Å². The summed E-state index contributed by atoms with van der Waals surface area (Å²) in [4.78, 5) is 8.19. The van der Waals surface area contributed by atoms with E-state index in [1.807, 2.05) is 53.8 Å². The van der Waals surface area contributed by atoms with Gasteiger partial charge in [0.1, 0.15) is 5.83 Å². The van der Waals surface area contributed by atoms with Crippen LogP contribution in [-0.4, -0.2) is 38.3 Å². The lowest BCUT2D eigenvalue weighted by Gasteiger charge is -2.26. The van der Waals surface area contributed by atoms with E-state index in [1.54, 1.807) is 24.4 Å². The molecule has 6 nitrogen and oxygen atoms in total. The molecule has 2 aliphatic heterocycles. The van der Waals surface area contributed by atoms with Crippen molar-refractivity contribution in [3.8, 4) is 0 Å². The first-order chi connectivity index (χ1) is 17.3. The van der Waals surface area contributed by atoms with Gasteiger partial charge in [0.25, 0.3) is 0 Å². The van der Waals surface area contributed by atoms with Crippen molar-refractivity contribution in [3.63, 3.8) is 0 Å². The third-order valence-corrected chi connectivity index (χ3v) is 5.13. The van der Waals surface area contributed by atoms with Crippen LogP contribution in [0.4, 0.5) is 15.8 Å². The summed E-state index contributed by atoms with van der Waals surface area (Å²) in [6, 6.07) is 4.02. The fourth-order valence-corrected chi connectivity index (χ4v) is 3.70. The second-order valence-corrected chi connectivity index (χ2v) is 7.78. The van der Waals surface area contributed by atoms with E-state index in [1.165, 1.54) is 26.0 Å². The van der Waals surface area contributed by atoms with Crippen molar-refractivity contribution < 1.29 is 4.39 Å². The summed E-state index contributed by atoms with van der Waals surface area (Å²) in [7, 11) is 3.23. The Morgan fingerprint density at radius 1 is 1.11 bits per heavy atom. The van der Waals surface area contributed by atoms with Crippen LogP contribution in [0.25, 0.3) is 5.70 Å². The number of nitrogens with zero attached hydrogens (tertiary/aromatic N) is 3. The largest absolute Gasteiger partial charge is 0.398 e. The second kappa shape index (κ2) is 17.2. The zero-order valence-electron chi connectivity index (χ0n) is 23.6. The molecular formula is C29H47FN6. The maximum absolute atomic E-state index is 14.4. The maximum Gasteiger partial charge on any atom is 0.148 e. The van der Waals surface area contributed by atoms with E-state index in [4.69, 9.17) is 5.73 Å². The number of anilines is 2. The molecular weight excluding hydrogens is 451 g/mol. The van der Waals surface area contributed by atoms with Gasteiger partial charge in [-0.25, -0.2) is 4.39 Å². The highest BCUT2D eigenvalue weighted by atomic mass is 19.1. The van der Waals surface area contributed by atoms with Gasteiger partial charge < -0.3 is 26.6 Å². The van der Waals surface area contributed by atoms with E-state index in [-0.39, 0.29) is 0 Å². The highest BCUT2D eigenvalue weighted by Gasteiger charge is 2.20. The van der Waals surface area contributed by atoms with E-state index >= 15 is 0 Å². The molecule has 0 amide bonds. The first kappa shape index (κ1) is 32.7. The quantitative estimate of drug-likeness (QED) is 0.306. The monoisotopic (exact) mass is 498 g/mol. The average Bonchev–Trinajstić information content (AvgIpc) is 3.41. The van der Waals surface area contributed by atoms with Gasteiger partial charge in [0, 0.05) is 67.3 Å². The zero-order chi connectivity index (χ0) is 27.8. The number of hydrogen-bond acceptors (Lipinski definition) is 6. The minimum atomic E-state index is -0.401. The van der Waals surface area contributed by atoms with E-state index in [9.17, 15) is 4.39 Å². The molecule has 2 aliphatic rings. The van der Waals surface area contributed by atoms with Gasteiger partial charge in [0.15, 0.2) is 0 Å². The average molecular weight is 499 g/mol. The van der Waals surface area contributed by atoms with Gasteiger partial charge in [0.05, 0.1) is 17.1 Å². The molecule has 36 heavy (non-hydrogen) atoms. The number of aliphatic imine (C=N–C) groups is 1. The van der Waals surface area contributed by atoms with Crippen molar-refractivity contribution in [2.75, 3.05) is 37.8 Å². The van der Waals surface area contributed by atoms with Crippen molar-refractivity contribution in [2.24, 2.45) is 10.7 Å². The molecule has 0 aliphatic carbocycles. The molecule has 2 heterocycles. The van der Waals surface area contributed by atoms with Crippen molar-refractivity contribution in [1.82, 2.24) is 10.2 Å². The first-order valence-electron chi connectivity index (χ1n) is 12.7. The fraction of sp³-hybridized carbons (Fsp3) is 0.414. The molecule has 1 fully saturated rings. The van der Waals surface area contributed by atoms with Gasteiger partial charge in [0.2, 0.25) is 0 Å². The molecule has 0 radical (unpaired) electrons. The number of hydrogen-bond donors (Lipinski definition) is 3. The second-order valence-electron chi connectivity index (χ2n) is 7.78. The van der Waals surface area contributed by atoms with Gasteiger partial charge in [-0.05, 0) is 45.9 Å². The normalized spacial score (nSPS) is 14.3. The molecule has 5 N–H and O–H groups in total. The number of nitrogens with two attached hydrogens (primary N) is 2. The van der Waals surface area contributed by atoms with Crippen LogP contribution in [0.15, 0.2) is 71.6 Å². The Kier molecular flexibility index (Phi) is 15.6. The van der Waals surface area contributed by atoms with Crippen LogP contribution in [0, 0.1) is 0 Å². The third kappa shape index (κ3) is 8.72. The fourth-order valence-electron chi connectivity index (χ4n) is 3.70. The van der Waals surface area contributed by atoms with E-state index in [2.05, 4.69) is 40.2 Å². The van der Waals surface area contributed by atoms with Gasteiger partial charge in [-0.3, -0.25) is 4.99 Å². The highest BCUT2D eigenvalue weighted by molar-refractivity contribution is 5.98. The Bertz CT molecular complexity index is 978. The molecule has 0 atom stereocenters. The van der Waals surface area contributed by atoms with Crippen LogP contribution < -0.4 is 21.7 Å². The van der Waals surface area contributed by atoms with Crippen molar-refractivity contribution in [3.05, 3.63) is 77.7 Å². The summed E-state index contributed by atoms with van der Waals surface area (Å²) in [5.41, 5.74) is 16.8. The molecule has 1 aromatic carbocycles. The van der Waals surface area contributed by atoms with Crippen LogP contribution in [0.1, 0.15) is 65.5 Å². The molecule has 1 saturated heterocycles. The number of rotatable bonds is 6. The maximum atomic E-state index is 14.4. The number of nitrogen functional groups attached to an aromatic ring is 1. The molecule has 0 saturated carbocycles. The van der Waals surface area contributed by atoms with Crippen LogP contribution in [0.3, 0.4) is 0 Å². The third-order valence-electron chi connectivity index (χ3n) is 5.13. The van der Waals surface area contributed by atoms with Crippen LogP contribution in [0.5, 0.6) is 0 Å². The summed E-state index contributed by atoms with van der Waals surface area (Å²) in [5.74, 6) is -0.401. The molecule has 3 rings (SSSR count). The summed E-state index contributed by atoms with van der Waals surface area (Å²) < 4.78 is 14.4. The number of allylic oxidation sites excluding steroid dienone is 3. The van der Waals surface area contributed by atoms with Crippen molar-refractivity contribution >= 4 is 23.3 Å². The smallest absolute Gasteiger partial charge is 0.148 e. The SMILES string of the molecule is C=C(NC1=CN(C=C(C)C)C(=C)C(F)=C1)c1ccc(N2CCCC2)c(C=NC)c1N.CC.CC.CN. The summed E-state index contributed by atoms with van der Waals surface area (Å²) in [6.45, 7) is 21.9. The standard InChI is InChI=1S/C24H30FN5.2C2H6.CH5N/c1-16(2)14-30-15-19(12-22(25)18(30)4)28-17(3)20-8-9-23(29-10-6-7-11-29)21(13-27-5)24(20)26;3*1-2/h8-9,12-15,28H,3-4,6-7,10-11,26H2,1-2,5H3;2*1-2H3;2H2,1H3. The van der Waals surface area contributed by atoms with Crippen LogP contribution in [0.2, 0.25) is 0 Å². The molecule has 0 unspecified atom stereocenters. The first-order valence-corrected chi connectivity index (χ1v) is 12.7. The molecule has 0 spiro atoms. The van der Waals surface area contributed by atoms with Gasteiger partial charge >= 0.3 is 0 Å². The molecule has 0 aromatic heterocycles. The Morgan fingerprint density at radius 3 is 2.22 bits per heavy atom. The van der Waals surface area contributed by atoms with Crippen LogP contribution in [-0.2, 0) is 0 Å².